The van der Waals surface area contributed by atoms with Crippen LogP contribution in [0.1, 0.15) is 17.0 Å². The van der Waals surface area contributed by atoms with Crippen LogP contribution in [0.15, 0.2) is 65.0 Å². The zero-order valence-electron chi connectivity index (χ0n) is 12.4. The number of nitrogens with two attached hydrogens (primary N) is 1. The number of hydrogen-bond donors (Lipinski definition) is 1. The second kappa shape index (κ2) is 5.48. The van der Waals surface area contributed by atoms with E-state index in [9.17, 15) is 10.1 Å². The van der Waals surface area contributed by atoms with Crippen molar-refractivity contribution in [3.8, 4) is 11.8 Å². The van der Waals surface area contributed by atoms with Gasteiger partial charge < -0.3 is 10.5 Å². The smallest absolute Gasteiger partial charge is 0.240 e. The Labute approximate surface area is 141 Å². The monoisotopic (exact) mass is 333 g/mol. The van der Waals surface area contributed by atoms with E-state index in [1.807, 2.05) is 24.3 Å². The van der Waals surface area contributed by atoms with Gasteiger partial charge in [0.2, 0.25) is 10.6 Å². The number of ether oxygens (including phenoxy) is 1. The van der Waals surface area contributed by atoms with Crippen molar-refractivity contribution < 1.29 is 4.74 Å². The Kier molecular flexibility index (Phi) is 3.29. The Bertz CT molecular complexity index is 1080. The molecule has 1 aromatic carbocycles. The standard InChI is InChI=1S/C18H11N3O2S/c19-9-12-14(10-5-7-21-8-6-10)15-16(23-17(12)20)11-3-1-2-4-13(11)24-18(15)22/h1-8,14H,20H2/t14-/m1/s1. The molecule has 0 radical (unpaired) electrons. The summed E-state index contributed by atoms with van der Waals surface area (Å²) in [5, 5.41) is 10.4. The molecule has 3 aromatic rings. The molecule has 116 valence electrons. The maximum atomic E-state index is 12.8. The van der Waals surface area contributed by atoms with Crippen LogP contribution < -0.4 is 15.2 Å². The molecule has 0 spiro atoms. The van der Waals surface area contributed by atoms with Crippen LogP contribution in [0.25, 0.3) is 10.1 Å². The largest absolute Gasteiger partial charge is 0.439 e. The highest BCUT2D eigenvalue weighted by molar-refractivity contribution is 7.16. The zero-order valence-corrected chi connectivity index (χ0v) is 13.2. The summed E-state index contributed by atoms with van der Waals surface area (Å²) in [6.45, 7) is 0. The molecule has 0 amide bonds. The number of allylic oxidation sites excluding steroid dienone is 1. The van der Waals surface area contributed by atoms with Gasteiger partial charge in [0.15, 0.2) is 0 Å². The first-order valence-electron chi connectivity index (χ1n) is 7.24. The predicted octanol–water partition coefficient (Wildman–Crippen LogP) is 2.87. The topological polar surface area (TPSA) is 89.0 Å². The lowest BCUT2D eigenvalue weighted by Crippen LogP contribution is -2.25. The zero-order chi connectivity index (χ0) is 16.7. The molecular formula is C18H11N3O2S. The van der Waals surface area contributed by atoms with Crippen molar-refractivity contribution in [3.05, 3.63) is 80.9 Å². The van der Waals surface area contributed by atoms with E-state index in [4.69, 9.17) is 10.5 Å². The maximum Gasteiger partial charge on any atom is 0.240 e. The fraction of sp³-hybridized carbons (Fsp3) is 0.0556. The van der Waals surface area contributed by atoms with Crippen LogP contribution in [-0.2, 0) is 0 Å². The second-order valence-corrected chi connectivity index (χ2v) is 6.35. The summed E-state index contributed by atoms with van der Waals surface area (Å²) in [6, 6.07) is 13.2. The Morgan fingerprint density at radius 3 is 2.71 bits per heavy atom. The number of nitrogens with zero attached hydrogens (tertiary/aromatic N) is 2. The lowest BCUT2D eigenvalue weighted by atomic mass is 9.85. The van der Waals surface area contributed by atoms with Crippen molar-refractivity contribution in [2.24, 2.45) is 5.73 Å². The fourth-order valence-electron chi connectivity index (χ4n) is 2.96. The highest BCUT2D eigenvalue weighted by Crippen LogP contribution is 2.43. The number of aromatic nitrogens is 1. The van der Waals surface area contributed by atoms with Gasteiger partial charge in [-0.15, -0.1) is 0 Å². The van der Waals surface area contributed by atoms with Crippen LogP contribution in [0.4, 0.5) is 0 Å². The van der Waals surface area contributed by atoms with Crippen LogP contribution in [0.3, 0.4) is 0 Å². The van der Waals surface area contributed by atoms with Crippen molar-refractivity contribution >= 4 is 21.4 Å². The Morgan fingerprint density at radius 1 is 1.21 bits per heavy atom. The van der Waals surface area contributed by atoms with Crippen molar-refractivity contribution in [2.75, 3.05) is 0 Å². The van der Waals surface area contributed by atoms with Gasteiger partial charge in [0.25, 0.3) is 0 Å². The molecule has 3 heterocycles. The van der Waals surface area contributed by atoms with E-state index in [1.54, 1.807) is 24.5 Å². The van der Waals surface area contributed by atoms with Gasteiger partial charge in [-0.25, -0.2) is 0 Å². The molecule has 0 bridgehead atoms. The van der Waals surface area contributed by atoms with E-state index >= 15 is 0 Å². The second-order valence-electron chi connectivity index (χ2n) is 5.33. The van der Waals surface area contributed by atoms with E-state index in [1.165, 1.54) is 0 Å². The summed E-state index contributed by atoms with van der Waals surface area (Å²) >= 11 is 1.14. The van der Waals surface area contributed by atoms with E-state index in [2.05, 4.69) is 11.1 Å². The molecular weight excluding hydrogens is 322 g/mol. The molecule has 0 aliphatic carbocycles. The molecule has 0 saturated heterocycles. The van der Waals surface area contributed by atoms with Gasteiger partial charge in [0.05, 0.1) is 11.5 Å². The molecule has 0 unspecified atom stereocenters. The molecule has 5 nitrogen and oxygen atoms in total. The SMILES string of the molecule is N#CC1=C(N)Oc2c(c(=O)sc3ccccc23)[C@@H]1c1ccncc1. The van der Waals surface area contributed by atoms with Gasteiger partial charge >= 0.3 is 0 Å². The minimum Gasteiger partial charge on any atom is -0.439 e. The van der Waals surface area contributed by atoms with Crippen molar-refractivity contribution in [3.63, 3.8) is 0 Å². The molecule has 0 fully saturated rings. The molecule has 1 aliphatic heterocycles. The number of rotatable bonds is 1. The van der Waals surface area contributed by atoms with Gasteiger partial charge in [0.1, 0.15) is 17.4 Å². The van der Waals surface area contributed by atoms with Crippen LogP contribution in [0.5, 0.6) is 5.75 Å². The molecule has 2 aromatic heterocycles. The first-order valence-corrected chi connectivity index (χ1v) is 8.05. The molecule has 1 aliphatic rings. The highest BCUT2D eigenvalue weighted by Gasteiger charge is 2.34. The number of pyridine rings is 1. The lowest BCUT2D eigenvalue weighted by Gasteiger charge is -2.26. The quantitative estimate of drug-likeness (QED) is 0.739. The minimum atomic E-state index is -0.546. The molecule has 4 rings (SSSR count). The van der Waals surface area contributed by atoms with Crippen molar-refractivity contribution in [2.45, 2.75) is 5.92 Å². The molecule has 0 saturated carbocycles. The van der Waals surface area contributed by atoms with Crippen LogP contribution in [-0.4, -0.2) is 4.98 Å². The fourth-order valence-corrected chi connectivity index (χ4v) is 3.89. The lowest BCUT2D eigenvalue weighted by molar-refractivity contribution is 0.398. The average Bonchev–Trinajstić information content (AvgIpc) is 2.61. The van der Waals surface area contributed by atoms with Crippen molar-refractivity contribution in [1.29, 1.82) is 5.26 Å². The molecule has 6 heteroatoms. The summed E-state index contributed by atoms with van der Waals surface area (Å²) in [5.41, 5.74) is 7.48. The number of benzene rings is 1. The number of hydrogen-bond acceptors (Lipinski definition) is 6. The third-order valence-electron chi connectivity index (χ3n) is 4.01. The van der Waals surface area contributed by atoms with E-state index < -0.39 is 5.92 Å². The van der Waals surface area contributed by atoms with Gasteiger partial charge in [0, 0.05) is 22.5 Å². The predicted molar refractivity (Wildman–Crippen MR) is 91.6 cm³/mol. The summed E-state index contributed by atoms with van der Waals surface area (Å²) in [4.78, 5) is 16.8. The summed E-state index contributed by atoms with van der Waals surface area (Å²) in [5.74, 6) is -0.0738. The van der Waals surface area contributed by atoms with Crippen LogP contribution in [0.2, 0.25) is 0 Å². The summed E-state index contributed by atoms with van der Waals surface area (Å²) in [7, 11) is 0. The van der Waals surface area contributed by atoms with Gasteiger partial charge in [-0.05, 0) is 29.8 Å². The van der Waals surface area contributed by atoms with Gasteiger partial charge in [-0.3, -0.25) is 9.78 Å². The summed E-state index contributed by atoms with van der Waals surface area (Å²) in [6.07, 6.45) is 3.26. The Morgan fingerprint density at radius 2 is 1.96 bits per heavy atom. The van der Waals surface area contributed by atoms with Crippen molar-refractivity contribution in [1.82, 2.24) is 4.98 Å². The maximum absolute atomic E-state index is 12.8. The van der Waals surface area contributed by atoms with Crippen LogP contribution in [0, 0.1) is 11.3 Å². The number of fused-ring (bicyclic) bond motifs is 3. The summed E-state index contributed by atoms with van der Waals surface area (Å²) < 4.78 is 6.40. The van der Waals surface area contributed by atoms with E-state index in [-0.39, 0.29) is 16.2 Å². The van der Waals surface area contributed by atoms with Crippen LogP contribution >= 0.6 is 11.3 Å². The van der Waals surface area contributed by atoms with E-state index in [0.29, 0.717) is 11.3 Å². The molecule has 2 N–H and O–H groups in total. The average molecular weight is 333 g/mol. The first kappa shape index (κ1) is 14.4. The van der Waals surface area contributed by atoms with E-state index in [0.717, 1.165) is 27.0 Å². The normalized spacial score (nSPS) is 16.4. The third-order valence-corrected chi connectivity index (χ3v) is 4.99. The Hall–Kier alpha value is -3.17. The third kappa shape index (κ3) is 2.07. The molecule has 24 heavy (non-hydrogen) atoms. The first-order chi connectivity index (χ1) is 11.7. The minimum absolute atomic E-state index is 0.0348. The number of nitriles is 1. The Balaban J connectivity index is 2.10. The van der Waals surface area contributed by atoms with Gasteiger partial charge in [-0.2, -0.15) is 5.26 Å². The highest BCUT2D eigenvalue weighted by atomic mass is 32.1. The van der Waals surface area contributed by atoms with Gasteiger partial charge in [-0.1, -0.05) is 23.5 Å². The molecule has 1 atom stereocenters.